The minimum atomic E-state index is 0.0260. The molecule has 0 amide bonds. The van der Waals surface area contributed by atoms with E-state index in [4.69, 9.17) is 11.6 Å². The molecule has 2 heteroatoms. The molecule has 0 saturated heterocycles. The van der Waals surface area contributed by atoms with Gasteiger partial charge in [0.15, 0.2) is 5.78 Å². The molecule has 0 heterocycles. The molecular weight excluding hydrogens is 244 g/mol. The van der Waals surface area contributed by atoms with Gasteiger partial charge in [-0.25, -0.2) is 0 Å². The van der Waals surface area contributed by atoms with Gasteiger partial charge in [0.25, 0.3) is 0 Å². The summed E-state index contributed by atoms with van der Waals surface area (Å²) in [5, 5.41) is 0.689. The Morgan fingerprint density at radius 3 is 2.22 bits per heavy atom. The molecule has 1 nitrogen and oxygen atoms in total. The van der Waals surface area contributed by atoms with E-state index >= 15 is 0 Å². The highest BCUT2D eigenvalue weighted by Gasteiger charge is 2.15. The third-order valence-corrected chi connectivity index (χ3v) is 3.86. The minimum Gasteiger partial charge on any atom is -0.289 e. The number of hydrogen-bond donors (Lipinski definition) is 0. The van der Waals surface area contributed by atoms with Crippen molar-refractivity contribution in [1.29, 1.82) is 0 Å². The van der Waals surface area contributed by atoms with E-state index in [0.29, 0.717) is 16.1 Å². The monoisotopic (exact) mass is 258 g/mol. The number of benzene rings is 2. The number of carbonyl (C=O) groups excluding carboxylic acids is 1. The van der Waals surface area contributed by atoms with Crippen LogP contribution >= 0.6 is 11.6 Å². The van der Waals surface area contributed by atoms with E-state index in [1.54, 1.807) is 0 Å². The van der Waals surface area contributed by atoms with Crippen LogP contribution < -0.4 is 0 Å². The van der Waals surface area contributed by atoms with E-state index < -0.39 is 0 Å². The summed E-state index contributed by atoms with van der Waals surface area (Å²) in [4.78, 5) is 12.4. The number of hydrogen-bond acceptors (Lipinski definition) is 1. The van der Waals surface area contributed by atoms with E-state index in [0.717, 1.165) is 16.7 Å². The van der Waals surface area contributed by atoms with Crippen LogP contribution in [-0.4, -0.2) is 5.78 Å². The Kier molecular flexibility index (Phi) is 3.53. The van der Waals surface area contributed by atoms with Crippen molar-refractivity contribution in [1.82, 2.24) is 0 Å². The van der Waals surface area contributed by atoms with Gasteiger partial charge in [-0.1, -0.05) is 41.9 Å². The molecule has 0 fully saturated rings. The van der Waals surface area contributed by atoms with Crippen LogP contribution in [0.1, 0.15) is 32.6 Å². The molecule has 0 unspecified atom stereocenters. The molecule has 2 rings (SSSR count). The second-order valence-electron chi connectivity index (χ2n) is 4.50. The summed E-state index contributed by atoms with van der Waals surface area (Å²) in [7, 11) is 0. The standard InChI is InChI=1S/C16H15ClO/c1-10-9-14(12(3)15(17)11(10)2)16(18)13-7-5-4-6-8-13/h4-9H,1-3H3. The lowest BCUT2D eigenvalue weighted by molar-refractivity contribution is 0.103. The lowest BCUT2D eigenvalue weighted by Crippen LogP contribution is -2.05. The molecule has 0 bridgehead atoms. The quantitative estimate of drug-likeness (QED) is 0.725. The molecule has 2 aromatic rings. The summed E-state index contributed by atoms with van der Waals surface area (Å²) in [6, 6.07) is 11.2. The van der Waals surface area contributed by atoms with Gasteiger partial charge in [0.05, 0.1) is 0 Å². The zero-order chi connectivity index (χ0) is 13.3. The van der Waals surface area contributed by atoms with Crippen molar-refractivity contribution in [3.05, 3.63) is 69.2 Å². The summed E-state index contributed by atoms with van der Waals surface area (Å²) >= 11 is 6.27. The zero-order valence-electron chi connectivity index (χ0n) is 10.8. The minimum absolute atomic E-state index is 0.0260. The highest BCUT2D eigenvalue weighted by Crippen LogP contribution is 2.28. The summed E-state index contributed by atoms with van der Waals surface area (Å²) in [6.07, 6.45) is 0. The molecule has 0 spiro atoms. The number of ketones is 1. The first kappa shape index (κ1) is 12.8. The normalized spacial score (nSPS) is 10.4. The van der Waals surface area contributed by atoms with Crippen molar-refractivity contribution < 1.29 is 4.79 Å². The summed E-state index contributed by atoms with van der Waals surface area (Å²) in [5.74, 6) is 0.0260. The lowest BCUT2D eigenvalue weighted by atomic mass is 9.95. The van der Waals surface area contributed by atoms with Crippen LogP contribution in [0.25, 0.3) is 0 Å². The molecule has 0 atom stereocenters. The van der Waals surface area contributed by atoms with Gasteiger partial charge in [-0.15, -0.1) is 0 Å². The molecule has 0 aromatic heterocycles. The molecule has 0 aliphatic heterocycles. The molecule has 0 N–H and O–H groups in total. The highest BCUT2D eigenvalue weighted by atomic mass is 35.5. The molecule has 18 heavy (non-hydrogen) atoms. The fourth-order valence-corrected chi connectivity index (χ4v) is 2.24. The summed E-state index contributed by atoms with van der Waals surface area (Å²) in [5.41, 5.74) is 4.33. The number of aryl methyl sites for hydroxylation is 1. The van der Waals surface area contributed by atoms with Gasteiger partial charge < -0.3 is 0 Å². The zero-order valence-corrected chi connectivity index (χ0v) is 11.5. The van der Waals surface area contributed by atoms with E-state index in [9.17, 15) is 4.79 Å². The van der Waals surface area contributed by atoms with E-state index in [1.165, 1.54) is 0 Å². The Morgan fingerprint density at radius 1 is 1.00 bits per heavy atom. The molecule has 2 aromatic carbocycles. The Hall–Kier alpha value is -1.60. The van der Waals surface area contributed by atoms with E-state index in [-0.39, 0.29) is 5.78 Å². The molecule has 0 aliphatic rings. The van der Waals surface area contributed by atoms with Gasteiger partial charge in [0.1, 0.15) is 0 Å². The largest absolute Gasteiger partial charge is 0.289 e. The van der Waals surface area contributed by atoms with Crippen molar-refractivity contribution in [2.24, 2.45) is 0 Å². The number of rotatable bonds is 2. The summed E-state index contributed by atoms with van der Waals surface area (Å²) in [6.45, 7) is 5.84. The van der Waals surface area contributed by atoms with Gasteiger partial charge in [0.2, 0.25) is 0 Å². The van der Waals surface area contributed by atoms with Crippen LogP contribution in [0.3, 0.4) is 0 Å². The second kappa shape index (κ2) is 4.95. The third-order valence-electron chi connectivity index (χ3n) is 3.30. The van der Waals surface area contributed by atoms with Crippen LogP contribution in [0.15, 0.2) is 36.4 Å². The third kappa shape index (κ3) is 2.19. The predicted octanol–water partition coefficient (Wildman–Crippen LogP) is 4.50. The summed E-state index contributed by atoms with van der Waals surface area (Å²) < 4.78 is 0. The average molecular weight is 259 g/mol. The SMILES string of the molecule is Cc1cc(C(=O)c2ccccc2)c(C)c(Cl)c1C. The van der Waals surface area contributed by atoms with Crippen molar-refractivity contribution in [3.8, 4) is 0 Å². The van der Waals surface area contributed by atoms with Gasteiger partial charge in [-0.3, -0.25) is 4.79 Å². The van der Waals surface area contributed by atoms with Gasteiger partial charge in [-0.05, 0) is 43.5 Å². The Labute approximate surface area is 112 Å². The topological polar surface area (TPSA) is 17.1 Å². The van der Waals surface area contributed by atoms with Crippen LogP contribution in [0.4, 0.5) is 0 Å². The van der Waals surface area contributed by atoms with E-state index in [1.807, 2.05) is 57.2 Å². The van der Waals surface area contributed by atoms with Crippen LogP contribution in [0.5, 0.6) is 0 Å². The van der Waals surface area contributed by atoms with Crippen LogP contribution in [0, 0.1) is 20.8 Å². The van der Waals surface area contributed by atoms with Gasteiger partial charge in [-0.2, -0.15) is 0 Å². The van der Waals surface area contributed by atoms with Crippen molar-refractivity contribution in [3.63, 3.8) is 0 Å². The first-order valence-corrected chi connectivity index (χ1v) is 6.26. The molecular formula is C16H15ClO. The van der Waals surface area contributed by atoms with Crippen LogP contribution in [-0.2, 0) is 0 Å². The smallest absolute Gasteiger partial charge is 0.193 e. The second-order valence-corrected chi connectivity index (χ2v) is 4.88. The average Bonchev–Trinajstić information content (AvgIpc) is 2.41. The van der Waals surface area contributed by atoms with Gasteiger partial charge in [0, 0.05) is 16.1 Å². The Morgan fingerprint density at radius 2 is 1.61 bits per heavy atom. The fraction of sp³-hybridized carbons (Fsp3) is 0.188. The van der Waals surface area contributed by atoms with Crippen molar-refractivity contribution >= 4 is 17.4 Å². The van der Waals surface area contributed by atoms with Crippen molar-refractivity contribution in [2.75, 3.05) is 0 Å². The number of halogens is 1. The molecule has 0 saturated carbocycles. The fourth-order valence-electron chi connectivity index (χ4n) is 1.99. The Balaban J connectivity index is 2.56. The van der Waals surface area contributed by atoms with Crippen molar-refractivity contribution in [2.45, 2.75) is 20.8 Å². The predicted molar refractivity (Wildman–Crippen MR) is 75.5 cm³/mol. The van der Waals surface area contributed by atoms with E-state index in [2.05, 4.69) is 0 Å². The van der Waals surface area contributed by atoms with Gasteiger partial charge >= 0.3 is 0 Å². The highest BCUT2D eigenvalue weighted by molar-refractivity contribution is 6.33. The molecule has 0 aliphatic carbocycles. The number of carbonyl (C=O) groups is 1. The molecule has 92 valence electrons. The maximum absolute atomic E-state index is 12.4. The Bertz CT molecular complexity index is 600. The maximum Gasteiger partial charge on any atom is 0.193 e. The molecule has 0 radical (unpaired) electrons. The first-order valence-electron chi connectivity index (χ1n) is 5.88. The lowest BCUT2D eigenvalue weighted by Gasteiger charge is -2.12. The first-order chi connectivity index (χ1) is 8.52. The maximum atomic E-state index is 12.4. The van der Waals surface area contributed by atoms with Crippen LogP contribution in [0.2, 0.25) is 5.02 Å².